The Morgan fingerprint density at radius 3 is 2.91 bits per heavy atom. The number of nitrogens with zero attached hydrogens (tertiary/aromatic N) is 3. The molecule has 0 aliphatic carbocycles. The van der Waals surface area contributed by atoms with Crippen molar-refractivity contribution in [2.75, 3.05) is 13.7 Å². The van der Waals surface area contributed by atoms with Crippen LogP contribution in [0.4, 0.5) is 0 Å². The predicted molar refractivity (Wildman–Crippen MR) is 79.5 cm³/mol. The van der Waals surface area contributed by atoms with Gasteiger partial charge in [-0.1, -0.05) is 0 Å². The first-order chi connectivity index (χ1) is 11.0. The van der Waals surface area contributed by atoms with Crippen molar-refractivity contribution in [2.24, 2.45) is 0 Å². The highest BCUT2D eigenvalue weighted by molar-refractivity contribution is 5.97. The van der Waals surface area contributed by atoms with Crippen LogP contribution in [0.5, 0.6) is 5.75 Å². The number of H-pyrrole nitrogens is 1. The van der Waals surface area contributed by atoms with Gasteiger partial charge in [0.05, 0.1) is 25.4 Å². The lowest BCUT2D eigenvalue weighted by atomic mass is 10.0. The second-order valence-electron chi connectivity index (χ2n) is 5.34. The summed E-state index contributed by atoms with van der Waals surface area (Å²) in [6.45, 7) is 2.48. The number of aromatic carboxylic acids is 1. The maximum atomic E-state index is 12.8. The third-order valence-corrected chi connectivity index (χ3v) is 3.88. The zero-order valence-corrected chi connectivity index (χ0v) is 12.8. The van der Waals surface area contributed by atoms with Crippen molar-refractivity contribution < 1.29 is 19.4 Å². The van der Waals surface area contributed by atoms with Gasteiger partial charge in [-0.15, -0.1) is 0 Å². The number of ether oxygens (including phenoxy) is 1. The van der Waals surface area contributed by atoms with E-state index in [9.17, 15) is 14.7 Å². The molecule has 0 saturated heterocycles. The van der Waals surface area contributed by atoms with Crippen LogP contribution in [0.25, 0.3) is 0 Å². The van der Waals surface area contributed by atoms with E-state index in [1.54, 1.807) is 17.9 Å². The van der Waals surface area contributed by atoms with Gasteiger partial charge in [0.15, 0.2) is 5.69 Å². The van der Waals surface area contributed by atoms with Crippen molar-refractivity contribution in [2.45, 2.75) is 19.9 Å². The minimum absolute atomic E-state index is 0.0321. The molecule has 3 rings (SSSR count). The van der Waals surface area contributed by atoms with Gasteiger partial charge in [0.1, 0.15) is 5.75 Å². The highest BCUT2D eigenvalue weighted by Crippen LogP contribution is 2.25. The Bertz CT molecular complexity index is 784. The van der Waals surface area contributed by atoms with Gasteiger partial charge in [-0.2, -0.15) is 5.10 Å². The molecule has 1 aliphatic rings. The Hall–Kier alpha value is -2.90. The smallest absolute Gasteiger partial charge is 0.356 e. The number of hydrogen-bond donors (Lipinski definition) is 2. The minimum atomic E-state index is -1.10. The van der Waals surface area contributed by atoms with E-state index < -0.39 is 5.97 Å². The van der Waals surface area contributed by atoms with E-state index in [0.29, 0.717) is 35.5 Å². The van der Waals surface area contributed by atoms with Crippen LogP contribution in [-0.2, 0) is 13.0 Å². The standard InChI is InChI=1S/C15H16N4O4/c1-8-5-9(12(23-2)6-16-8)14(20)19-4-3-11-10(7-19)13(15(21)22)18-17-11/h5-6H,3-4,7H2,1-2H3,(H,17,18)(H,21,22). The Morgan fingerprint density at radius 2 is 2.22 bits per heavy atom. The molecule has 0 spiro atoms. The molecule has 0 bridgehead atoms. The number of fused-ring (bicyclic) bond motifs is 1. The molecule has 0 unspecified atom stereocenters. The third-order valence-electron chi connectivity index (χ3n) is 3.88. The first kappa shape index (κ1) is 15.0. The molecule has 0 aromatic carbocycles. The number of aromatic amines is 1. The maximum absolute atomic E-state index is 12.8. The fraction of sp³-hybridized carbons (Fsp3) is 0.333. The van der Waals surface area contributed by atoms with Crippen LogP contribution in [0.1, 0.15) is 37.8 Å². The summed E-state index contributed by atoms with van der Waals surface area (Å²) in [6.07, 6.45) is 2.05. The summed E-state index contributed by atoms with van der Waals surface area (Å²) in [5, 5.41) is 15.7. The molecule has 1 aliphatic heterocycles. The van der Waals surface area contributed by atoms with Crippen LogP contribution < -0.4 is 4.74 Å². The molecule has 2 aromatic heterocycles. The monoisotopic (exact) mass is 316 g/mol. The summed E-state index contributed by atoms with van der Waals surface area (Å²) in [5.41, 5.74) is 2.42. The lowest BCUT2D eigenvalue weighted by Gasteiger charge is -2.27. The van der Waals surface area contributed by atoms with Crippen molar-refractivity contribution in [1.82, 2.24) is 20.1 Å². The van der Waals surface area contributed by atoms with E-state index in [1.807, 2.05) is 0 Å². The normalized spacial score (nSPS) is 13.6. The highest BCUT2D eigenvalue weighted by atomic mass is 16.5. The lowest BCUT2D eigenvalue weighted by Crippen LogP contribution is -2.36. The number of carboxylic acid groups (broad SMARTS) is 1. The topological polar surface area (TPSA) is 108 Å². The molecule has 120 valence electrons. The van der Waals surface area contributed by atoms with Gasteiger partial charge in [0, 0.05) is 29.9 Å². The van der Waals surface area contributed by atoms with Crippen molar-refractivity contribution in [3.8, 4) is 5.75 Å². The van der Waals surface area contributed by atoms with Gasteiger partial charge >= 0.3 is 5.97 Å². The van der Waals surface area contributed by atoms with Crippen LogP contribution in [-0.4, -0.2) is 50.7 Å². The van der Waals surface area contributed by atoms with Gasteiger partial charge in [0.25, 0.3) is 5.91 Å². The summed E-state index contributed by atoms with van der Waals surface area (Å²) >= 11 is 0. The molecular formula is C15H16N4O4. The average Bonchev–Trinajstić information content (AvgIpc) is 2.97. The fourth-order valence-electron chi connectivity index (χ4n) is 2.69. The number of carbonyl (C=O) groups is 2. The summed E-state index contributed by atoms with van der Waals surface area (Å²) in [6, 6.07) is 1.67. The second kappa shape index (κ2) is 5.71. The molecule has 3 heterocycles. The maximum Gasteiger partial charge on any atom is 0.356 e. The van der Waals surface area contributed by atoms with Crippen LogP contribution in [0.3, 0.4) is 0 Å². The summed E-state index contributed by atoms with van der Waals surface area (Å²) in [4.78, 5) is 29.7. The molecule has 8 heteroatoms. The molecule has 0 atom stereocenters. The van der Waals surface area contributed by atoms with Crippen LogP contribution in [0, 0.1) is 6.92 Å². The fourth-order valence-corrected chi connectivity index (χ4v) is 2.69. The Labute approximate surface area is 132 Å². The van der Waals surface area contributed by atoms with Crippen LogP contribution in [0.2, 0.25) is 0 Å². The second-order valence-corrected chi connectivity index (χ2v) is 5.34. The average molecular weight is 316 g/mol. The number of aryl methyl sites for hydroxylation is 1. The largest absolute Gasteiger partial charge is 0.494 e. The van der Waals surface area contributed by atoms with Crippen LogP contribution >= 0.6 is 0 Å². The van der Waals surface area contributed by atoms with E-state index in [4.69, 9.17) is 4.74 Å². The molecular weight excluding hydrogens is 300 g/mol. The van der Waals surface area contributed by atoms with Gasteiger partial charge in [-0.25, -0.2) is 4.79 Å². The summed E-state index contributed by atoms with van der Waals surface area (Å²) < 4.78 is 5.21. The van der Waals surface area contributed by atoms with E-state index in [2.05, 4.69) is 15.2 Å². The van der Waals surface area contributed by atoms with Crippen molar-refractivity contribution in [3.63, 3.8) is 0 Å². The minimum Gasteiger partial charge on any atom is -0.494 e. The quantitative estimate of drug-likeness (QED) is 0.875. The van der Waals surface area contributed by atoms with E-state index in [-0.39, 0.29) is 18.1 Å². The number of carboxylic acids is 1. The Balaban J connectivity index is 1.91. The van der Waals surface area contributed by atoms with Gasteiger partial charge in [-0.05, 0) is 13.0 Å². The number of methoxy groups -OCH3 is 1. The van der Waals surface area contributed by atoms with Crippen molar-refractivity contribution in [1.29, 1.82) is 0 Å². The van der Waals surface area contributed by atoms with Gasteiger partial charge in [-0.3, -0.25) is 14.9 Å². The number of pyridine rings is 1. The lowest BCUT2D eigenvalue weighted by molar-refractivity contribution is 0.0673. The molecule has 0 fully saturated rings. The zero-order valence-electron chi connectivity index (χ0n) is 12.8. The molecule has 2 aromatic rings. The van der Waals surface area contributed by atoms with Gasteiger partial charge in [0.2, 0.25) is 0 Å². The van der Waals surface area contributed by atoms with E-state index in [1.165, 1.54) is 13.3 Å². The molecule has 1 amide bonds. The molecule has 8 nitrogen and oxygen atoms in total. The Morgan fingerprint density at radius 1 is 1.43 bits per heavy atom. The molecule has 0 saturated carbocycles. The Kier molecular flexibility index (Phi) is 3.73. The summed E-state index contributed by atoms with van der Waals surface area (Å²) in [7, 11) is 1.48. The zero-order chi connectivity index (χ0) is 16.6. The first-order valence-corrected chi connectivity index (χ1v) is 7.10. The summed E-state index contributed by atoms with van der Waals surface area (Å²) in [5.74, 6) is -0.915. The van der Waals surface area contributed by atoms with Crippen molar-refractivity contribution in [3.05, 3.63) is 40.5 Å². The number of rotatable bonds is 3. The first-order valence-electron chi connectivity index (χ1n) is 7.10. The molecule has 2 N–H and O–H groups in total. The number of carbonyl (C=O) groups excluding carboxylic acids is 1. The molecule has 0 radical (unpaired) electrons. The van der Waals surface area contributed by atoms with E-state index in [0.717, 1.165) is 5.69 Å². The number of nitrogens with one attached hydrogen (secondary N) is 1. The van der Waals surface area contributed by atoms with Gasteiger partial charge < -0.3 is 14.7 Å². The van der Waals surface area contributed by atoms with Crippen LogP contribution in [0.15, 0.2) is 12.3 Å². The van der Waals surface area contributed by atoms with Crippen molar-refractivity contribution >= 4 is 11.9 Å². The molecule has 23 heavy (non-hydrogen) atoms. The highest BCUT2D eigenvalue weighted by Gasteiger charge is 2.29. The SMILES string of the molecule is COc1cnc(C)cc1C(=O)N1CCc2[nH]nc(C(=O)O)c2C1. The number of amides is 1. The third kappa shape index (κ3) is 2.63. The number of hydrogen-bond acceptors (Lipinski definition) is 5. The predicted octanol–water partition coefficient (Wildman–Crippen LogP) is 1.02. The number of aromatic nitrogens is 3. The van der Waals surface area contributed by atoms with E-state index >= 15 is 0 Å².